The standard InChI is InChI=1S/C22H29N3OS/c1-2-5-15-6-11-18-19(15)20-21(23-14-24-22(20)27-18)26-17-9-7-16(8-10-17)25-12-3-4-13-25/h2,14-17H,1,3-13H2/t15-,16?,17?/m0/s1. The van der Waals surface area contributed by atoms with E-state index in [0.29, 0.717) is 12.0 Å². The molecule has 1 aliphatic heterocycles. The van der Waals surface area contributed by atoms with Crippen molar-refractivity contribution in [2.24, 2.45) is 0 Å². The van der Waals surface area contributed by atoms with Crippen LogP contribution in [0.5, 0.6) is 5.88 Å². The van der Waals surface area contributed by atoms with Crippen LogP contribution in [0, 0.1) is 0 Å². The molecule has 3 heterocycles. The van der Waals surface area contributed by atoms with Gasteiger partial charge in [-0.05, 0) is 82.4 Å². The van der Waals surface area contributed by atoms with E-state index in [1.807, 2.05) is 17.4 Å². The zero-order valence-electron chi connectivity index (χ0n) is 16.0. The number of nitrogens with zero attached hydrogens (tertiary/aromatic N) is 3. The zero-order valence-corrected chi connectivity index (χ0v) is 16.8. The van der Waals surface area contributed by atoms with Crippen molar-refractivity contribution in [1.82, 2.24) is 14.9 Å². The summed E-state index contributed by atoms with van der Waals surface area (Å²) in [6.45, 7) is 6.55. The summed E-state index contributed by atoms with van der Waals surface area (Å²) in [7, 11) is 0. The van der Waals surface area contributed by atoms with E-state index >= 15 is 0 Å². The van der Waals surface area contributed by atoms with Crippen molar-refractivity contribution in [3.05, 3.63) is 29.4 Å². The molecular formula is C22H29N3OS. The van der Waals surface area contributed by atoms with Gasteiger partial charge in [0.1, 0.15) is 17.3 Å². The molecule has 2 aliphatic carbocycles. The molecule has 0 bridgehead atoms. The molecule has 0 spiro atoms. The number of fused-ring (bicyclic) bond motifs is 3. The Morgan fingerprint density at radius 3 is 2.74 bits per heavy atom. The van der Waals surface area contributed by atoms with Crippen LogP contribution in [0.4, 0.5) is 0 Å². The average molecular weight is 384 g/mol. The fraction of sp³-hybridized carbons (Fsp3) is 0.636. The first-order valence-corrected chi connectivity index (χ1v) is 11.4. The number of thiophene rings is 1. The molecule has 2 aromatic rings. The second-order valence-electron chi connectivity index (χ2n) is 8.35. The molecule has 0 unspecified atom stereocenters. The molecule has 27 heavy (non-hydrogen) atoms. The number of allylic oxidation sites excluding steroid dienone is 1. The number of rotatable bonds is 5. The van der Waals surface area contributed by atoms with Crippen molar-refractivity contribution in [2.45, 2.75) is 75.9 Å². The molecule has 3 aliphatic rings. The van der Waals surface area contributed by atoms with Crippen molar-refractivity contribution in [1.29, 1.82) is 0 Å². The molecule has 0 aromatic carbocycles. The molecule has 5 rings (SSSR count). The zero-order chi connectivity index (χ0) is 18.2. The molecule has 144 valence electrons. The highest BCUT2D eigenvalue weighted by atomic mass is 32.1. The lowest BCUT2D eigenvalue weighted by atomic mass is 9.92. The van der Waals surface area contributed by atoms with Gasteiger partial charge in [-0.1, -0.05) is 6.08 Å². The Hall–Kier alpha value is -1.46. The molecule has 0 radical (unpaired) electrons. The number of aryl methyl sites for hydroxylation is 1. The normalized spacial score (nSPS) is 28.5. The number of ether oxygens (including phenoxy) is 1. The van der Waals surface area contributed by atoms with Crippen LogP contribution in [-0.2, 0) is 6.42 Å². The van der Waals surface area contributed by atoms with E-state index in [-0.39, 0.29) is 0 Å². The molecule has 5 heteroatoms. The Balaban J connectivity index is 1.34. The first-order valence-electron chi connectivity index (χ1n) is 10.6. The highest BCUT2D eigenvalue weighted by Crippen LogP contribution is 2.47. The van der Waals surface area contributed by atoms with Crippen LogP contribution in [0.1, 0.15) is 67.7 Å². The maximum atomic E-state index is 6.50. The maximum absolute atomic E-state index is 6.50. The van der Waals surface area contributed by atoms with Crippen LogP contribution in [-0.4, -0.2) is 40.1 Å². The Morgan fingerprint density at radius 1 is 1.15 bits per heavy atom. The summed E-state index contributed by atoms with van der Waals surface area (Å²) in [4.78, 5) is 14.4. The van der Waals surface area contributed by atoms with Crippen molar-refractivity contribution >= 4 is 21.6 Å². The van der Waals surface area contributed by atoms with E-state index in [2.05, 4.69) is 21.4 Å². The SMILES string of the molecule is C=CC[C@H]1CCc2sc3ncnc(OC4CCC(N5CCCC5)CC4)c3c21. The van der Waals surface area contributed by atoms with Gasteiger partial charge in [-0.2, -0.15) is 0 Å². The van der Waals surface area contributed by atoms with Crippen molar-refractivity contribution < 1.29 is 4.74 Å². The molecule has 4 nitrogen and oxygen atoms in total. The third-order valence-corrected chi connectivity index (χ3v) is 7.90. The topological polar surface area (TPSA) is 38.3 Å². The van der Waals surface area contributed by atoms with Crippen LogP contribution >= 0.6 is 11.3 Å². The Morgan fingerprint density at radius 2 is 1.96 bits per heavy atom. The van der Waals surface area contributed by atoms with Gasteiger partial charge in [-0.25, -0.2) is 9.97 Å². The van der Waals surface area contributed by atoms with Crippen LogP contribution in [0.2, 0.25) is 0 Å². The third-order valence-electron chi connectivity index (χ3n) is 6.73. The Labute approximate surface area is 165 Å². The lowest BCUT2D eigenvalue weighted by Crippen LogP contribution is -2.38. The molecule has 1 saturated heterocycles. The molecule has 1 atom stereocenters. The second kappa shape index (κ2) is 7.51. The lowest BCUT2D eigenvalue weighted by Gasteiger charge is -2.34. The van der Waals surface area contributed by atoms with Gasteiger partial charge in [-0.15, -0.1) is 17.9 Å². The molecule has 0 N–H and O–H groups in total. The van der Waals surface area contributed by atoms with Gasteiger partial charge in [0.2, 0.25) is 5.88 Å². The summed E-state index contributed by atoms with van der Waals surface area (Å²) < 4.78 is 6.50. The quantitative estimate of drug-likeness (QED) is 0.675. The van der Waals surface area contributed by atoms with E-state index in [1.54, 1.807) is 6.33 Å². The highest BCUT2D eigenvalue weighted by Gasteiger charge is 2.32. The van der Waals surface area contributed by atoms with Gasteiger partial charge < -0.3 is 9.64 Å². The molecular weight excluding hydrogens is 354 g/mol. The van der Waals surface area contributed by atoms with Crippen molar-refractivity contribution in [3.8, 4) is 5.88 Å². The lowest BCUT2D eigenvalue weighted by molar-refractivity contribution is 0.0978. The first kappa shape index (κ1) is 17.6. The van der Waals surface area contributed by atoms with E-state index in [0.717, 1.165) is 42.4 Å². The number of hydrogen-bond acceptors (Lipinski definition) is 5. The highest BCUT2D eigenvalue weighted by molar-refractivity contribution is 7.19. The second-order valence-corrected chi connectivity index (χ2v) is 9.43. The molecule has 1 saturated carbocycles. The number of aromatic nitrogens is 2. The third kappa shape index (κ3) is 3.29. The summed E-state index contributed by atoms with van der Waals surface area (Å²) in [5.41, 5.74) is 1.45. The average Bonchev–Trinajstić information content (AvgIpc) is 3.40. The van der Waals surface area contributed by atoms with E-state index < -0.39 is 0 Å². The van der Waals surface area contributed by atoms with Gasteiger partial charge >= 0.3 is 0 Å². The van der Waals surface area contributed by atoms with Gasteiger partial charge in [0.15, 0.2) is 0 Å². The van der Waals surface area contributed by atoms with Crippen molar-refractivity contribution in [3.63, 3.8) is 0 Å². The predicted molar refractivity (Wildman–Crippen MR) is 111 cm³/mol. The van der Waals surface area contributed by atoms with Gasteiger partial charge in [0.05, 0.1) is 5.39 Å². The van der Waals surface area contributed by atoms with Crippen LogP contribution in [0.3, 0.4) is 0 Å². The minimum Gasteiger partial charge on any atom is -0.474 e. The summed E-state index contributed by atoms with van der Waals surface area (Å²) >= 11 is 1.84. The summed E-state index contributed by atoms with van der Waals surface area (Å²) in [6.07, 6.45) is 15.0. The van der Waals surface area contributed by atoms with Crippen LogP contribution < -0.4 is 4.74 Å². The minimum atomic E-state index is 0.303. The minimum absolute atomic E-state index is 0.303. The monoisotopic (exact) mass is 383 g/mol. The summed E-state index contributed by atoms with van der Waals surface area (Å²) in [5.74, 6) is 1.39. The Kier molecular flexibility index (Phi) is 4.91. The summed E-state index contributed by atoms with van der Waals surface area (Å²) in [6, 6.07) is 0.778. The van der Waals surface area contributed by atoms with Gasteiger partial charge in [-0.3, -0.25) is 0 Å². The molecule has 2 fully saturated rings. The van der Waals surface area contributed by atoms with Crippen molar-refractivity contribution in [2.75, 3.05) is 13.1 Å². The molecule has 2 aromatic heterocycles. The largest absolute Gasteiger partial charge is 0.474 e. The van der Waals surface area contributed by atoms with E-state index in [4.69, 9.17) is 4.74 Å². The summed E-state index contributed by atoms with van der Waals surface area (Å²) in [5, 5.41) is 1.20. The van der Waals surface area contributed by atoms with E-state index in [9.17, 15) is 0 Å². The fourth-order valence-electron chi connectivity index (χ4n) is 5.36. The van der Waals surface area contributed by atoms with Gasteiger partial charge in [0, 0.05) is 10.9 Å². The maximum Gasteiger partial charge on any atom is 0.225 e. The van der Waals surface area contributed by atoms with Crippen LogP contribution in [0.25, 0.3) is 10.2 Å². The Bertz CT molecular complexity index is 818. The van der Waals surface area contributed by atoms with Gasteiger partial charge in [0.25, 0.3) is 0 Å². The fourth-order valence-corrected chi connectivity index (χ4v) is 6.59. The van der Waals surface area contributed by atoms with E-state index in [1.165, 1.54) is 61.0 Å². The smallest absolute Gasteiger partial charge is 0.225 e. The molecule has 0 amide bonds. The number of likely N-dealkylation sites (tertiary alicyclic amines) is 1. The number of hydrogen-bond donors (Lipinski definition) is 0. The predicted octanol–water partition coefficient (Wildman–Crippen LogP) is 5.08. The first-order chi connectivity index (χ1) is 13.3. The van der Waals surface area contributed by atoms with Crippen LogP contribution in [0.15, 0.2) is 19.0 Å².